The molecule has 3 fully saturated rings. The number of aromatic amines is 1. The largest absolute Gasteiger partial charge is 0.491 e. The van der Waals surface area contributed by atoms with Crippen molar-refractivity contribution in [2.24, 2.45) is 11.8 Å². The van der Waals surface area contributed by atoms with E-state index in [0.29, 0.717) is 29.5 Å². The van der Waals surface area contributed by atoms with Crippen LogP contribution in [0.4, 0.5) is 0 Å². The Morgan fingerprint density at radius 2 is 2.17 bits per heavy atom. The maximum absolute atomic E-state index is 12.2. The van der Waals surface area contributed by atoms with E-state index in [2.05, 4.69) is 14.8 Å². The minimum atomic E-state index is -0.0764. The summed E-state index contributed by atoms with van der Waals surface area (Å²) in [5.74, 6) is 1.85. The second-order valence-corrected chi connectivity index (χ2v) is 7.45. The molecule has 0 spiro atoms. The first-order chi connectivity index (χ1) is 11.6. The van der Waals surface area contributed by atoms with Crippen LogP contribution < -0.4 is 10.2 Å². The summed E-state index contributed by atoms with van der Waals surface area (Å²) in [7, 11) is 1.51. The Bertz CT molecular complexity index is 686. The highest BCUT2D eigenvalue weighted by Crippen LogP contribution is 2.38. The van der Waals surface area contributed by atoms with Crippen molar-refractivity contribution in [3.8, 4) is 5.75 Å². The number of pyridine rings is 1. The summed E-state index contributed by atoms with van der Waals surface area (Å²) in [6.07, 6.45) is 5.80. The number of hydrogen-bond acceptors (Lipinski definition) is 4. The van der Waals surface area contributed by atoms with Crippen LogP contribution in [-0.4, -0.2) is 53.5 Å². The lowest BCUT2D eigenvalue weighted by atomic mass is 9.76. The van der Waals surface area contributed by atoms with Gasteiger partial charge in [-0.05, 0) is 31.1 Å². The van der Waals surface area contributed by atoms with Crippen LogP contribution in [0.25, 0.3) is 0 Å². The van der Waals surface area contributed by atoms with Crippen molar-refractivity contribution in [2.45, 2.75) is 38.3 Å². The predicted molar refractivity (Wildman–Crippen MR) is 89.8 cm³/mol. The average Bonchev–Trinajstić information content (AvgIpc) is 2.56. The maximum Gasteiger partial charge on any atom is 0.223 e. The average molecular weight is 331 g/mol. The summed E-state index contributed by atoms with van der Waals surface area (Å²) in [6, 6.07) is 2.07. The van der Waals surface area contributed by atoms with Crippen LogP contribution in [0.5, 0.6) is 5.75 Å². The fourth-order valence-corrected chi connectivity index (χ4v) is 4.83. The quantitative estimate of drug-likeness (QED) is 0.904. The first-order valence-electron chi connectivity index (χ1n) is 8.91. The molecule has 1 aromatic heterocycles. The molecule has 3 saturated heterocycles. The molecule has 3 aliphatic heterocycles. The number of piperidine rings is 3. The normalized spacial score (nSPS) is 30.1. The third-order valence-electron chi connectivity index (χ3n) is 5.81. The Labute approximate surface area is 141 Å². The number of fused-ring (bicyclic) bond motifs is 4. The minimum absolute atomic E-state index is 0.0764. The van der Waals surface area contributed by atoms with E-state index in [-0.39, 0.29) is 5.43 Å². The molecule has 1 N–H and O–H groups in total. The van der Waals surface area contributed by atoms with Crippen molar-refractivity contribution >= 4 is 5.91 Å². The van der Waals surface area contributed by atoms with Crippen LogP contribution in [0, 0.1) is 11.8 Å². The van der Waals surface area contributed by atoms with Crippen LogP contribution in [0.2, 0.25) is 0 Å². The van der Waals surface area contributed by atoms with Crippen molar-refractivity contribution in [3.63, 3.8) is 0 Å². The van der Waals surface area contributed by atoms with Gasteiger partial charge in [-0.15, -0.1) is 0 Å². The molecule has 6 heteroatoms. The van der Waals surface area contributed by atoms with E-state index >= 15 is 0 Å². The van der Waals surface area contributed by atoms with Gasteiger partial charge >= 0.3 is 0 Å². The number of ether oxygens (including phenoxy) is 1. The van der Waals surface area contributed by atoms with Gasteiger partial charge in [-0.1, -0.05) is 0 Å². The van der Waals surface area contributed by atoms with Gasteiger partial charge in [-0.3, -0.25) is 14.5 Å². The molecule has 130 valence electrons. The molecule has 0 unspecified atom stereocenters. The highest BCUT2D eigenvalue weighted by molar-refractivity contribution is 5.77. The molecular formula is C18H25N3O3. The molecule has 3 aliphatic rings. The number of rotatable bonds is 3. The molecule has 6 nitrogen and oxygen atoms in total. The summed E-state index contributed by atoms with van der Waals surface area (Å²) in [5, 5.41) is 0. The van der Waals surface area contributed by atoms with Crippen LogP contribution in [-0.2, 0) is 11.3 Å². The monoisotopic (exact) mass is 331 g/mol. The fourth-order valence-electron chi connectivity index (χ4n) is 4.83. The van der Waals surface area contributed by atoms with Crippen LogP contribution in [0.3, 0.4) is 0 Å². The lowest BCUT2D eigenvalue weighted by molar-refractivity contribution is -0.145. The summed E-state index contributed by atoms with van der Waals surface area (Å²) < 4.78 is 5.03. The van der Waals surface area contributed by atoms with Crippen molar-refractivity contribution in [2.75, 3.05) is 26.7 Å². The van der Waals surface area contributed by atoms with Gasteiger partial charge in [-0.2, -0.15) is 0 Å². The zero-order chi connectivity index (χ0) is 16.7. The van der Waals surface area contributed by atoms with E-state index in [0.717, 1.165) is 51.1 Å². The number of carbonyl (C=O) groups is 1. The Morgan fingerprint density at radius 3 is 2.96 bits per heavy atom. The topological polar surface area (TPSA) is 65.6 Å². The molecular weight excluding hydrogens is 306 g/mol. The molecule has 0 saturated carbocycles. The first-order valence-corrected chi connectivity index (χ1v) is 8.91. The Kier molecular flexibility index (Phi) is 4.08. The van der Waals surface area contributed by atoms with Crippen LogP contribution in [0.1, 0.15) is 31.4 Å². The van der Waals surface area contributed by atoms with Gasteiger partial charge in [0.25, 0.3) is 0 Å². The van der Waals surface area contributed by atoms with Crippen molar-refractivity contribution in [1.29, 1.82) is 0 Å². The lowest BCUT2D eigenvalue weighted by Gasteiger charge is -2.52. The number of likely N-dealkylation sites (tertiary alicyclic amines) is 1. The standard InChI is InChI=1S/C18H25N3O3/c1-24-17-7-19-14(6-16(17)22)11-20-8-12-5-13(10-20)15-3-2-4-18(23)21(15)9-12/h6-7,12-13,15H,2-5,8-11H2,1H3,(H,19,22)/t12-,13-,15+/m1/s1. The number of methoxy groups -OCH3 is 1. The smallest absolute Gasteiger partial charge is 0.223 e. The van der Waals surface area contributed by atoms with Gasteiger partial charge in [0, 0.05) is 56.6 Å². The second kappa shape index (κ2) is 6.24. The third-order valence-corrected chi connectivity index (χ3v) is 5.81. The number of carbonyl (C=O) groups excluding carboxylic acids is 1. The molecule has 3 atom stereocenters. The molecule has 1 amide bonds. The van der Waals surface area contributed by atoms with Crippen LogP contribution in [0.15, 0.2) is 17.1 Å². The van der Waals surface area contributed by atoms with E-state index in [1.807, 2.05) is 0 Å². The summed E-state index contributed by atoms with van der Waals surface area (Å²) in [4.78, 5) is 31.9. The molecule has 1 aromatic rings. The number of nitrogens with zero attached hydrogens (tertiary/aromatic N) is 2. The highest BCUT2D eigenvalue weighted by Gasteiger charge is 2.43. The first kappa shape index (κ1) is 15.7. The molecule has 4 heterocycles. The Hall–Kier alpha value is -1.82. The van der Waals surface area contributed by atoms with Gasteiger partial charge in [-0.25, -0.2) is 0 Å². The third kappa shape index (κ3) is 2.83. The molecule has 0 radical (unpaired) electrons. The number of aromatic nitrogens is 1. The zero-order valence-corrected chi connectivity index (χ0v) is 14.2. The van der Waals surface area contributed by atoms with E-state index < -0.39 is 0 Å². The SMILES string of the molecule is COc1c[nH]c(CN2C[C@H]3C[C@H](C2)[C@@H]2CCCC(=O)N2C3)cc1=O. The van der Waals surface area contributed by atoms with Crippen molar-refractivity contribution in [3.05, 3.63) is 28.2 Å². The fraction of sp³-hybridized carbons (Fsp3) is 0.667. The van der Waals surface area contributed by atoms with Gasteiger partial charge in [0.05, 0.1) is 7.11 Å². The number of hydrogen-bond donors (Lipinski definition) is 1. The van der Waals surface area contributed by atoms with Crippen LogP contribution >= 0.6 is 0 Å². The summed E-state index contributed by atoms with van der Waals surface area (Å²) in [5.41, 5.74) is 0.852. The molecule has 4 rings (SSSR count). The molecule has 2 bridgehead atoms. The number of nitrogens with one attached hydrogen (secondary N) is 1. The molecule has 0 aromatic carbocycles. The van der Waals surface area contributed by atoms with E-state index in [4.69, 9.17) is 4.74 Å². The lowest BCUT2D eigenvalue weighted by Crippen LogP contribution is -2.60. The van der Waals surface area contributed by atoms with Crippen molar-refractivity contribution in [1.82, 2.24) is 14.8 Å². The van der Waals surface area contributed by atoms with E-state index in [9.17, 15) is 9.59 Å². The van der Waals surface area contributed by atoms with Gasteiger partial charge in [0.15, 0.2) is 5.75 Å². The summed E-state index contributed by atoms with van der Waals surface area (Å²) >= 11 is 0. The molecule has 0 aliphatic carbocycles. The summed E-state index contributed by atoms with van der Waals surface area (Å²) in [6.45, 7) is 3.68. The van der Waals surface area contributed by atoms with Crippen molar-refractivity contribution < 1.29 is 9.53 Å². The van der Waals surface area contributed by atoms with Gasteiger partial charge < -0.3 is 14.6 Å². The van der Waals surface area contributed by atoms with E-state index in [1.165, 1.54) is 13.5 Å². The number of H-pyrrole nitrogens is 1. The number of amides is 1. The zero-order valence-electron chi connectivity index (χ0n) is 14.2. The Morgan fingerprint density at radius 1 is 1.29 bits per heavy atom. The minimum Gasteiger partial charge on any atom is -0.491 e. The van der Waals surface area contributed by atoms with Gasteiger partial charge in [0.2, 0.25) is 11.3 Å². The Balaban J connectivity index is 1.46. The van der Waals surface area contributed by atoms with E-state index in [1.54, 1.807) is 12.3 Å². The molecule has 24 heavy (non-hydrogen) atoms. The maximum atomic E-state index is 12.2. The second-order valence-electron chi connectivity index (χ2n) is 7.45. The van der Waals surface area contributed by atoms with Gasteiger partial charge in [0.1, 0.15) is 0 Å². The predicted octanol–water partition coefficient (Wildman–Crippen LogP) is 1.22. The highest BCUT2D eigenvalue weighted by atomic mass is 16.5.